The van der Waals surface area contributed by atoms with Crippen LogP contribution in [0.2, 0.25) is 0 Å². The number of nitrogens with zero attached hydrogens (tertiary/aromatic N) is 2. The van der Waals surface area contributed by atoms with Gasteiger partial charge in [-0.05, 0) is 34.7 Å². The molecule has 0 bridgehead atoms. The Balaban J connectivity index is 1.73. The fourth-order valence-corrected chi connectivity index (χ4v) is 2.50. The molecule has 2 aliphatic rings. The number of pyridine rings is 1. The molecule has 2 fully saturated rings. The van der Waals surface area contributed by atoms with Crippen molar-refractivity contribution < 1.29 is 4.74 Å². The van der Waals surface area contributed by atoms with Crippen LogP contribution < -0.4 is 4.90 Å². The van der Waals surface area contributed by atoms with Gasteiger partial charge in [0.2, 0.25) is 0 Å². The molecule has 0 N–H and O–H groups in total. The van der Waals surface area contributed by atoms with Gasteiger partial charge in [0.05, 0.1) is 18.6 Å². The van der Waals surface area contributed by atoms with E-state index in [2.05, 4.69) is 38.5 Å². The highest BCUT2D eigenvalue weighted by Crippen LogP contribution is 2.39. The molecule has 74 valence electrons. The molecule has 3 nitrogen and oxygen atoms in total. The van der Waals surface area contributed by atoms with Crippen molar-refractivity contribution in [1.29, 1.82) is 0 Å². The third kappa shape index (κ3) is 1.32. The molecular formula is C10H11IN2O. The molecular weight excluding hydrogens is 291 g/mol. The monoisotopic (exact) mass is 302 g/mol. The van der Waals surface area contributed by atoms with Gasteiger partial charge in [-0.2, -0.15) is 0 Å². The van der Waals surface area contributed by atoms with Crippen molar-refractivity contribution in [3.05, 3.63) is 21.9 Å². The Morgan fingerprint density at radius 3 is 2.79 bits per heavy atom. The molecule has 0 saturated carbocycles. The lowest BCUT2D eigenvalue weighted by atomic mass is 9.78. The summed E-state index contributed by atoms with van der Waals surface area (Å²) in [5.74, 6) is 1.11. The summed E-state index contributed by atoms with van der Waals surface area (Å²) in [7, 11) is 0. The number of aromatic nitrogens is 1. The van der Waals surface area contributed by atoms with Crippen LogP contribution in [0.1, 0.15) is 0 Å². The van der Waals surface area contributed by atoms with Crippen LogP contribution in [0.3, 0.4) is 0 Å². The predicted molar refractivity (Wildman–Crippen MR) is 62.4 cm³/mol. The van der Waals surface area contributed by atoms with E-state index in [4.69, 9.17) is 4.74 Å². The number of ether oxygens (including phenoxy) is 1. The SMILES string of the molecule is Ic1ccnc(N2CC3(COC3)C2)c1. The Morgan fingerprint density at radius 2 is 2.21 bits per heavy atom. The van der Waals surface area contributed by atoms with E-state index in [1.807, 2.05) is 12.3 Å². The summed E-state index contributed by atoms with van der Waals surface area (Å²) in [6.45, 7) is 4.10. The molecule has 0 aromatic carbocycles. The summed E-state index contributed by atoms with van der Waals surface area (Å²) in [6, 6.07) is 4.15. The summed E-state index contributed by atoms with van der Waals surface area (Å²) in [5.41, 5.74) is 0.475. The molecule has 2 saturated heterocycles. The Kier molecular flexibility index (Phi) is 1.95. The van der Waals surface area contributed by atoms with Crippen molar-refractivity contribution in [1.82, 2.24) is 4.98 Å². The van der Waals surface area contributed by atoms with Crippen molar-refractivity contribution in [2.45, 2.75) is 0 Å². The first-order valence-corrected chi connectivity index (χ1v) is 5.80. The summed E-state index contributed by atoms with van der Waals surface area (Å²) in [6.07, 6.45) is 1.87. The third-order valence-electron chi connectivity index (χ3n) is 2.90. The summed E-state index contributed by atoms with van der Waals surface area (Å²) < 4.78 is 6.49. The molecule has 3 heterocycles. The van der Waals surface area contributed by atoms with Gasteiger partial charge in [0.1, 0.15) is 5.82 Å². The molecule has 0 radical (unpaired) electrons. The van der Waals surface area contributed by atoms with Crippen LogP contribution in [0.25, 0.3) is 0 Å². The number of hydrogen-bond donors (Lipinski definition) is 0. The maximum Gasteiger partial charge on any atom is 0.129 e. The van der Waals surface area contributed by atoms with Crippen molar-refractivity contribution in [3.63, 3.8) is 0 Å². The molecule has 3 rings (SSSR count). The van der Waals surface area contributed by atoms with Crippen molar-refractivity contribution in [2.24, 2.45) is 5.41 Å². The third-order valence-corrected chi connectivity index (χ3v) is 3.57. The van der Waals surface area contributed by atoms with Crippen LogP contribution in [0.4, 0.5) is 5.82 Å². The van der Waals surface area contributed by atoms with Crippen LogP contribution >= 0.6 is 22.6 Å². The molecule has 0 atom stereocenters. The van der Waals surface area contributed by atoms with Crippen molar-refractivity contribution in [3.8, 4) is 0 Å². The largest absolute Gasteiger partial charge is 0.380 e. The lowest BCUT2D eigenvalue weighted by Gasteiger charge is -2.55. The second kappa shape index (κ2) is 3.06. The number of rotatable bonds is 1. The first kappa shape index (κ1) is 8.91. The van der Waals surface area contributed by atoms with Gasteiger partial charge in [-0.1, -0.05) is 0 Å². The molecule has 0 aliphatic carbocycles. The predicted octanol–water partition coefficient (Wildman–Crippen LogP) is 1.52. The maximum absolute atomic E-state index is 5.24. The average molecular weight is 302 g/mol. The fourth-order valence-electron chi connectivity index (χ4n) is 2.07. The lowest BCUT2D eigenvalue weighted by Crippen LogP contribution is -2.66. The van der Waals surface area contributed by atoms with E-state index in [-0.39, 0.29) is 0 Å². The van der Waals surface area contributed by atoms with E-state index in [0.29, 0.717) is 5.41 Å². The van der Waals surface area contributed by atoms with Gasteiger partial charge in [-0.3, -0.25) is 0 Å². The van der Waals surface area contributed by atoms with Gasteiger partial charge in [-0.15, -0.1) is 0 Å². The summed E-state index contributed by atoms with van der Waals surface area (Å²) in [4.78, 5) is 6.69. The number of halogens is 1. The molecule has 2 aliphatic heterocycles. The smallest absolute Gasteiger partial charge is 0.129 e. The van der Waals surface area contributed by atoms with E-state index in [0.717, 1.165) is 32.1 Å². The second-order valence-electron chi connectivity index (χ2n) is 4.18. The van der Waals surface area contributed by atoms with Crippen LogP contribution in [0.5, 0.6) is 0 Å². The molecule has 1 aromatic rings. The van der Waals surface area contributed by atoms with Gasteiger partial charge in [0.15, 0.2) is 0 Å². The zero-order valence-electron chi connectivity index (χ0n) is 7.74. The van der Waals surface area contributed by atoms with Gasteiger partial charge in [0.25, 0.3) is 0 Å². The molecule has 1 spiro atoms. The van der Waals surface area contributed by atoms with Crippen LogP contribution in [0, 0.1) is 8.99 Å². The average Bonchev–Trinajstić information content (AvgIpc) is 1.98. The molecule has 1 aromatic heterocycles. The Labute approximate surface area is 96.6 Å². The van der Waals surface area contributed by atoms with Gasteiger partial charge < -0.3 is 9.64 Å². The van der Waals surface area contributed by atoms with Crippen LogP contribution in [-0.2, 0) is 4.74 Å². The highest BCUT2D eigenvalue weighted by atomic mass is 127. The van der Waals surface area contributed by atoms with Crippen molar-refractivity contribution in [2.75, 3.05) is 31.2 Å². The van der Waals surface area contributed by atoms with E-state index in [9.17, 15) is 0 Å². The minimum absolute atomic E-state index is 0.475. The fraction of sp³-hybridized carbons (Fsp3) is 0.500. The van der Waals surface area contributed by atoms with Crippen LogP contribution in [-0.4, -0.2) is 31.3 Å². The maximum atomic E-state index is 5.24. The first-order valence-electron chi connectivity index (χ1n) is 4.72. The Hall–Kier alpha value is -0.360. The Bertz CT molecular complexity index is 357. The Morgan fingerprint density at radius 1 is 1.43 bits per heavy atom. The van der Waals surface area contributed by atoms with Crippen molar-refractivity contribution >= 4 is 28.4 Å². The van der Waals surface area contributed by atoms with Gasteiger partial charge in [-0.25, -0.2) is 4.98 Å². The second-order valence-corrected chi connectivity index (χ2v) is 5.43. The standard InChI is InChI=1S/C10H11IN2O/c11-8-1-2-12-9(3-8)13-4-10(5-13)6-14-7-10/h1-3H,4-7H2. The lowest BCUT2D eigenvalue weighted by molar-refractivity contribution is -0.127. The number of hydrogen-bond acceptors (Lipinski definition) is 3. The molecule has 0 amide bonds. The minimum atomic E-state index is 0.475. The minimum Gasteiger partial charge on any atom is -0.380 e. The van der Waals surface area contributed by atoms with E-state index < -0.39 is 0 Å². The van der Waals surface area contributed by atoms with Gasteiger partial charge >= 0.3 is 0 Å². The molecule has 4 heteroatoms. The normalized spacial score (nSPS) is 23.1. The highest BCUT2D eigenvalue weighted by molar-refractivity contribution is 14.1. The topological polar surface area (TPSA) is 25.4 Å². The molecule has 14 heavy (non-hydrogen) atoms. The van der Waals surface area contributed by atoms with E-state index in [1.54, 1.807) is 0 Å². The molecule has 0 unspecified atom stereocenters. The number of anilines is 1. The van der Waals surface area contributed by atoms with Gasteiger partial charge in [0, 0.05) is 22.9 Å². The van der Waals surface area contributed by atoms with E-state index >= 15 is 0 Å². The summed E-state index contributed by atoms with van der Waals surface area (Å²) >= 11 is 2.32. The zero-order chi connectivity index (χ0) is 9.60. The zero-order valence-corrected chi connectivity index (χ0v) is 9.90. The highest BCUT2D eigenvalue weighted by Gasteiger charge is 2.49. The first-order chi connectivity index (χ1) is 6.77. The summed E-state index contributed by atoms with van der Waals surface area (Å²) in [5, 5.41) is 0. The quantitative estimate of drug-likeness (QED) is 0.736. The van der Waals surface area contributed by atoms with Crippen LogP contribution in [0.15, 0.2) is 18.3 Å². The van der Waals surface area contributed by atoms with E-state index in [1.165, 1.54) is 3.57 Å².